The molecule has 2 rings (SSSR count). The van der Waals surface area contributed by atoms with Gasteiger partial charge in [0, 0.05) is 12.7 Å². The molecular weight excluding hydrogens is 252 g/mol. The molecule has 2 N–H and O–H groups in total. The lowest BCUT2D eigenvalue weighted by molar-refractivity contribution is -0.118. The number of hydrogen-bond donors (Lipinski definition) is 2. The second kappa shape index (κ2) is 6.17. The minimum atomic E-state index is -0.404. The maximum absolute atomic E-state index is 11.7. The number of rotatable bonds is 5. The van der Waals surface area contributed by atoms with Gasteiger partial charge in [-0.05, 0) is 18.2 Å². The maximum Gasteiger partial charge on any atom is 0.274 e. The SMILES string of the molecule is COCCONC(=O)c1ccc2c(c1)NC(=O)CO2. The van der Waals surface area contributed by atoms with Crippen LogP contribution in [0.25, 0.3) is 0 Å². The van der Waals surface area contributed by atoms with E-state index in [1.807, 2.05) is 0 Å². The summed E-state index contributed by atoms with van der Waals surface area (Å²) in [4.78, 5) is 27.8. The Kier molecular flexibility index (Phi) is 4.32. The number of methoxy groups -OCH3 is 1. The average Bonchev–Trinajstić information content (AvgIpc) is 2.42. The summed E-state index contributed by atoms with van der Waals surface area (Å²) in [5, 5.41) is 2.63. The van der Waals surface area contributed by atoms with Gasteiger partial charge >= 0.3 is 0 Å². The molecule has 1 aliphatic heterocycles. The Morgan fingerprint density at radius 3 is 3.11 bits per heavy atom. The van der Waals surface area contributed by atoms with Crippen LogP contribution in [-0.2, 0) is 14.4 Å². The molecule has 2 amide bonds. The number of carbonyl (C=O) groups is 2. The number of ether oxygens (including phenoxy) is 2. The Morgan fingerprint density at radius 2 is 2.32 bits per heavy atom. The summed E-state index contributed by atoms with van der Waals surface area (Å²) in [5.74, 6) is -0.114. The molecule has 1 aromatic rings. The van der Waals surface area contributed by atoms with Gasteiger partial charge in [-0.3, -0.25) is 14.4 Å². The summed E-state index contributed by atoms with van der Waals surface area (Å²) in [7, 11) is 1.54. The van der Waals surface area contributed by atoms with E-state index >= 15 is 0 Å². The van der Waals surface area contributed by atoms with E-state index < -0.39 is 5.91 Å². The number of amides is 2. The van der Waals surface area contributed by atoms with E-state index in [2.05, 4.69) is 10.8 Å². The molecule has 0 aliphatic carbocycles. The van der Waals surface area contributed by atoms with Gasteiger partial charge < -0.3 is 14.8 Å². The molecule has 19 heavy (non-hydrogen) atoms. The smallest absolute Gasteiger partial charge is 0.274 e. The molecule has 0 radical (unpaired) electrons. The number of nitrogens with one attached hydrogen (secondary N) is 2. The third kappa shape index (κ3) is 3.43. The zero-order chi connectivity index (χ0) is 13.7. The van der Waals surface area contributed by atoms with Crippen molar-refractivity contribution in [2.24, 2.45) is 0 Å². The topological polar surface area (TPSA) is 85.9 Å². The van der Waals surface area contributed by atoms with Crippen LogP contribution in [0.4, 0.5) is 5.69 Å². The van der Waals surface area contributed by atoms with Crippen LogP contribution in [0.1, 0.15) is 10.4 Å². The lowest BCUT2D eigenvalue weighted by Gasteiger charge is -2.18. The molecule has 102 valence electrons. The van der Waals surface area contributed by atoms with Gasteiger partial charge in [-0.2, -0.15) is 0 Å². The van der Waals surface area contributed by atoms with Crippen molar-refractivity contribution in [1.82, 2.24) is 5.48 Å². The number of hydrogen-bond acceptors (Lipinski definition) is 5. The van der Waals surface area contributed by atoms with Crippen molar-refractivity contribution in [2.45, 2.75) is 0 Å². The first-order valence-corrected chi connectivity index (χ1v) is 5.68. The van der Waals surface area contributed by atoms with Crippen LogP contribution >= 0.6 is 0 Å². The molecule has 0 aromatic heterocycles. The standard InChI is InChI=1S/C12H14N2O5/c1-17-4-5-19-14-12(16)8-2-3-10-9(6-8)13-11(15)7-18-10/h2-3,6H,4-5,7H2,1H3,(H,13,15)(H,14,16). The van der Waals surface area contributed by atoms with Crippen LogP contribution in [-0.4, -0.2) is 38.7 Å². The highest BCUT2D eigenvalue weighted by Gasteiger charge is 2.17. The molecule has 0 saturated carbocycles. The van der Waals surface area contributed by atoms with Gasteiger partial charge in [0.2, 0.25) is 0 Å². The van der Waals surface area contributed by atoms with Crippen molar-refractivity contribution in [1.29, 1.82) is 0 Å². The number of carbonyl (C=O) groups excluding carboxylic acids is 2. The van der Waals surface area contributed by atoms with Crippen molar-refractivity contribution < 1.29 is 23.9 Å². The van der Waals surface area contributed by atoms with Crippen molar-refractivity contribution in [3.05, 3.63) is 23.8 Å². The number of hydroxylamine groups is 1. The van der Waals surface area contributed by atoms with Crippen molar-refractivity contribution in [2.75, 3.05) is 32.2 Å². The molecule has 0 saturated heterocycles. The summed E-state index contributed by atoms with van der Waals surface area (Å²) in [6.07, 6.45) is 0. The number of anilines is 1. The third-order valence-electron chi connectivity index (χ3n) is 2.43. The first-order valence-electron chi connectivity index (χ1n) is 5.68. The van der Waals surface area contributed by atoms with Gasteiger partial charge in [-0.15, -0.1) is 0 Å². The molecule has 0 bridgehead atoms. The van der Waals surface area contributed by atoms with Crippen LogP contribution in [0.15, 0.2) is 18.2 Å². The van der Waals surface area contributed by atoms with Gasteiger partial charge in [0.15, 0.2) is 6.61 Å². The Labute approximate surface area is 109 Å². The molecule has 1 heterocycles. The molecule has 1 aromatic carbocycles. The van der Waals surface area contributed by atoms with Crippen molar-refractivity contribution >= 4 is 17.5 Å². The highest BCUT2D eigenvalue weighted by Crippen LogP contribution is 2.28. The summed E-state index contributed by atoms with van der Waals surface area (Å²) >= 11 is 0. The molecule has 0 fully saturated rings. The summed E-state index contributed by atoms with van der Waals surface area (Å²) < 4.78 is 9.97. The fourth-order valence-electron chi connectivity index (χ4n) is 1.52. The highest BCUT2D eigenvalue weighted by molar-refractivity contribution is 5.99. The Hall–Kier alpha value is -2.12. The van der Waals surface area contributed by atoms with E-state index in [1.165, 1.54) is 13.2 Å². The quantitative estimate of drug-likeness (QED) is 0.592. The molecule has 7 nitrogen and oxygen atoms in total. The highest BCUT2D eigenvalue weighted by atomic mass is 16.7. The minimum Gasteiger partial charge on any atom is -0.482 e. The van der Waals surface area contributed by atoms with Gasteiger partial charge in [-0.25, -0.2) is 5.48 Å². The third-order valence-corrected chi connectivity index (χ3v) is 2.43. The van der Waals surface area contributed by atoms with Crippen LogP contribution < -0.4 is 15.5 Å². The number of fused-ring (bicyclic) bond motifs is 1. The van der Waals surface area contributed by atoms with E-state index in [1.54, 1.807) is 12.1 Å². The normalized spacial score (nSPS) is 13.2. The molecule has 0 spiro atoms. The molecule has 7 heteroatoms. The fourth-order valence-corrected chi connectivity index (χ4v) is 1.52. The zero-order valence-electron chi connectivity index (χ0n) is 10.4. The molecule has 0 atom stereocenters. The second-order valence-corrected chi connectivity index (χ2v) is 3.82. The van der Waals surface area contributed by atoms with Crippen LogP contribution in [0.2, 0.25) is 0 Å². The lowest BCUT2D eigenvalue weighted by atomic mass is 10.1. The predicted octanol–water partition coefficient (Wildman–Crippen LogP) is 0.325. The largest absolute Gasteiger partial charge is 0.482 e. The van der Waals surface area contributed by atoms with Crippen molar-refractivity contribution in [3.8, 4) is 5.75 Å². The van der Waals surface area contributed by atoms with Crippen LogP contribution in [0, 0.1) is 0 Å². The van der Waals surface area contributed by atoms with E-state index in [4.69, 9.17) is 14.3 Å². The summed E-state index contributed by atoms with van der Waals surface area (Å²) in [6, 6.07) is 4.74. The lowest BCUT2D eigenvalue weighted by Crippen LogP contribution is -2.27. The van der Waals surface area contributed by atoms with E-state index in [0.29, 0.717) is 23.6 Å². The molecular formula is C12H14N2O5. The van der Waals surface area contributed by atoms with Crippen LogP contribution in [0.5, 0.6) is 5.75 Å². The van der Waals surface area contributed by atoms with Gasteiger partial charge in [0.05, 0.1) is 18.9 Å². The first kappa shape index (κ1) is 13.3. The summed E-state index contributed by atoms with van der Waals surface area (Å²) in [6.45, 7) is 0.625. The monoisotopic (exact) mass is 266 g/mol. The van der Waals surface area contributed by atoms with Crippen molar-refractivity contribution in [3.63, 3.8) is 0 Å². The predicted molar refractivity (Wildman–Crippen MR) is 65.9 cm³/mol. The van der Waals surface area contributed by atoms with Gasteiger partial charge in [0.25, 0.3) is 11.8 Å². The van der Waals surface area contributed by atoms with E-state index in [0.717, 1.165) is 0 Å². The van der Waals surface area contributed by atoms with E-state index in [-0.39, 0.29) is 19.1 Å². The molecule has 1 aliphatic rings. The molecule has 0 unspecified atom stereocenters. The van der Waals surface area contributed by atoms with Crippen LogP contribution in [0.3, 0.4) is 0 Å². The van der Waals surface area contributed by atoms with E-state index in [9.17, 15) is 9.59 Å². The first-order chi connectivity index (χ1) is 9.20. The number of benzene rings is 1. The maximum atomic E-state index is 11.7. The fraction of sp³-hybridized carbons (Fsp3) is 0.333. The Morgan fingerprint density at radius 1 is 1.47 bits per heavy atom. The summed E-state index contributed by atoms with van der Waals surface area (Å²) in [5.41, 5.74) is 3.12. The zero-order valence-corrected chi connectivity index (χ0v) is 10.4. The Bertz CT molecular complexity index is 489. The van der Waals surface area contributed by atoms with Gasteiger partial charge in [0.1, 0.15) is 5.75 Å². The minimum absolute atomic E-state index is 0.0152. The Balaban J connectivity index is 1.99. The average molecular weight is 266 g/mol. The van der Waals surface area contributed by atoms with Gasteiger partial charge in [-0.1, -0.05) is 0 Å². The second-order valence-electron chi connectivity index (χ2n) is 3.82.